The summed E-state index contributed by atoms with van der Waals surface area (Å²) in [6.45, 7) is 4.83. The van der Waals surface area contributed by atoms with Gasteiger partial charge in [-0.2, -0.15) is 5.10 Å². The fraction of sp³-hybridized carbons (Fsp3) is 0.308. The number of aromatic amines is 1. The SMILES string of the molecule is CCOc1cc2c(cc1CNC(=O)CCc1nc3c(cnn3-c3ccccc3)c(=O)[nH]1)O[C@H](C)C2. The van der Waals surface area contributed by atoms with E-state index in [9.17, 15) is 9.59 Å². The predicted molar refractivity (Wildman–Crippen MR) is 131 cm³/mol. The highest BCUT2D eigenvalue weighted by Crippen LogP contribution is 2.35. The summed E-state index contributed by atoms with van der Waals surface area (Å²) in [6, 6.07) is 13.4. The first-order valence-electron chi connectivity index (χ1n) is 11.8. The van der Waals surface area contributed by atoms with Gasteiger partial charge in [0.1, 0.15) is 28.8 Å². The molecular formula is C26H27N5O4. The molecule has 1 atom stereocenters. The number of benzene rings is 2. The van der Waals surface area contributed by atoms with Crippen LogP contribution >= 0.6 is 0 Å². The monoisotopic (exact) mass is 473 g/mol. The van der Waals surface area contributed by atoms with Crippen LogP contribution in [0.15, 0.2) is 53.5 Å². The lowest BCUT2D eigenvalue weighted by Crippen LogP contribution is -2.24. The Balaban J connectivity index is 1.27. The van der Waals surface area contributed by atoms with Gasteiger partial charge in [0.15, 0.2) is 5.65 Å². The number of nitrogens with zero attached hydrogens (tertiary/aromatic N) is 3. The average Bonchev–Trinajstić information content (AvgIpc) is 3.44. The third-order valence-corrected chi connectivity index (χ3v) is 5.93. The van der Waals surface area contributed by atoms with Crippen LogP contribution in [0.2, 0.25) is 0 Å². The van der Waals surface area contributed by atoms with E-state index in [1.807, 2.05) is 56.3 Å². The minimum absolute atomic E-state index is 0.134. The smallest absolute Gasteiger partial charge is 0.262 e. The summed E-state index contributed by atoms with van der Waals surface area (Å²) in [6.07, 6.45) is 2.95. The van der Waals surface area contributed by atoms with Crippen molar-refractivity contribution >= 4 is 16.9 Å². The molecule has 0 unspecified atom stereocenters. The lowest BCUT2D eigenvalue weighted by atomic mass is 10.1. The highest BCUT2D eigenvalue weighted by molar-refractivity contribution is 5.77. The highest BCUT2D eigenvalue weighted by Gasteiger charge is 2.22. The van der Waals surface area contributed by atoms with Crippen LogP contribution in [-0.4, -0.2) is 38.4 Å². The molecule has 0 bridgehead atoms. The van der Waals surface area contributed by atoms with Crippen LogP contribution < -0.4 is 20.3 Å². The molecule has 1 aliphatic rings. The zero-order valence-corrected chi connectivity index (χ0v) is 19.7. The van der Waals surface area contributed by atoms with Gasteiger partial charge in [-0.05, 0) is 38.1 Å². The van der Waals surface area contributed by atoms with E-state index in [0.717, 1.165) is 34.7 Å². The number of carbonyl (C=O) groups is 1. The minimum atomic E-state index is -0.277. The van der Waals surface area contributed by atoms with Crippen molar-refractivity contribution in [2.45, 2.75) is 45.8 Å². The number of fused-ring (bicyclic) bond motifs is 2. The van der Waals surface area contributed by atoms with E-state index in [1.54, 1.807) is 4.68 Å². The fourth-order valence-electron chi connectivity index (χ4n) is 4.26. The van der Waals surface area contributed by atoms with Crippen LogP contribution in [0.1, 0.15) is 37.2 Å². The van der Waals surface area contributed by atoms with E-state index in [0.29, 0.717) is 36.4 Å². The number of aryl methyl sites for hydroxylation is 1. The standard InChI is InChI=1S/C26H27N5O4/c1-3-34-21-12-17-11-16(2)35-22(17)13-18(21)14-27-24(32)10-9-23-29-25-20(26(33)30-23)15-28-31(25)19-7-5-4-6-8-19/h4-8,12-13,15-16H,3,9-11,14H2,1-2H3,(H,27,32)(H,29,30,33)/t16-/m1/s1. The van der Waals surface area contributed by atoms with Crippen molar-refractivity contribution in [3.05, 3.63) is 76.0 Å². The summed E-state index contributed by atoms with van der Waals surface area (Å²) in [5.41, 5.74) is 2.98. The van der Waals surface area contributed by atoms with Gasteiger partial charge in [-0.15, -0.1) is 0 Å². The Hall–Kier alpha value is -4.14. The number of H-pyrrole nitrogens is 1. The van der Waals surface area contributed by atoms with Crippen molar-refractivity contribution in [1.29, 1.82) is 0 Å². The number of hydrogen-bond acceptors (Lipinski definition) is 6. The molecule has 0 aliphatic carbocycles. The molecule has 9 nitrogen and oxygen atoms in total. The van der Waals surface area contributed by atoms with Gasteiger partial charge >= 0.3 is 0 Å². The maximum Gasteiger partial charge on any atom is 0.262 e. The number of rotatable bonds is 8. The van der Waals surface area contributed by atoms with E-state index >= 15 is 0 Å². The van der Waals surface area contributed by atoms with E-state index in [-0.39, 0.29) is 24.0 Å². The molecule has 0 fully saturated rings. The third-order valence-electron chi connectivity index (χ3n) is 5.93. The molecule has 1 aliphatic heterocycles. The topological polar surface area (TPSA) is 111 Å². The average molecular weight is 474 g/mol. The van der Waals surface area contributed by atoms with Crippen molar-refractivity contribution in [3.63, 3.8) is 0 Å². The van der Waals surface area contributed by atoms with Gasteiger partial charge < -0.3 is 19.8 Å². The van der Waals surface area contributed by atoms with Crippen LogP contribution in [0.4, 0.5) is 0 Å². The van der Waals surface area contributed by atoms with E-state index in [2.05, 4.69) is 20.4 Å². The minimum Gasteiger partial charge on any atom is -0.494 e. The molecule has 2 aromatic heterocycles. The molecule has 2 N–H and O–H groups in total. The summed E-state index contributed by atoms with van der Waals surface area (Å²) in [5, 5.41) is 7.66. The number of ether oxygens (including phenoxy) is 2. The predicted octanol–water partition coefficient (Wildman–Crippen LogP) is 3.08. The summed E-state index contributed by atoms with van der Waals surface area (Å²) in [4.78, 5) is 32.5. The number of nitrogens with one attached hydrogen (secondary N) is 2. The second kappa shape index (κ2) is 9.61. The Morgan fingerprint density at radius 3 is 2.91 bits per heavy atom. The Labute approximate surface area is 202 Å². The first-order valence-corrected chi connectivity index (χ1v) is 11.8. The maximum atomic E-state index is 12.6. The van der Waals surface area contributed by atoms with Gasteiger partial charge in [0.25, 0.3) is 5.56 Å². The number of hydrogen-bond donors (Lipinski definition) is 2. The highest BCUT2D eigenvalue weighted by atomic mass is 16.5. The van der Waals surface area contributed by atoms with Crippen LogP contribution in [0.3, 0.4) is 0 Å². The van der Waals surface area contributed by atoms with Gasteiger partial charge in [0.2, 0.25) is 5.91 Å². The molecule has 0 spiro atoms. The quantitative estimate of drug-likeness (QED) is 0.407. The molecule has 0 saturated heterocycles. The number of aromatic nitrogens is 4. The Morgan fingerprint density at radius 1 is 1.29 bits per heavy atom. The maximum absolute atomic E-state index is 12.6. The Bertz CT molecular complexity index is 1430. The molecule has 1 amide bonds. The largest absolute Gasteiger partial charge is 0.494 e. The van der Waals surface area contributed by atoms with Crippen molar-refractivity contribution in [2.75, 3.05) is 6.61 Å². The molecule has 9 heteroatoms. The molecular weight excluding hydrogens is 446 g/mol. The van der Waals surface area contributed by atoms with Crippen molar-refractivity contribution in [3.8, 4) is 17.2 Å². The zero-order valence-electron chi connectivity index (χ0n) is 19.7. The second-order valence-electron chi connectivity index (χ2n) is 8.55. The molecule has 35 heavy (non-hydrogen) atoms. The van der Waals surface area contributed by atoms with Gasteiger partial charge in [-0.25, -0.2) is 9.67 Å². The molecule has 5 rings (SSSR count). The number of para-hydroxylation sites is 1. The normalized spacial score (nSPS) is 14.5. The molecule has 180 valence electrons. The molecule has 3 heterocycles. The Kier molecular flexibility index (Phi) is 6.22. The molecule has 4 aromatic rings. The van der Waals surface area contributed by atoms with Gasteiger partial charge in [-0.3, -0.25) is 9.59 Å². The van der Waals surface area contributed by atoms with Gasteiger partial charge in [0, 0.05) is 36.9 Å². The first kappa shape index (κ1) is 22.6. The molecule has 2 aromatic carbocycles. The molecule has 0 radical (unpaired) electrons. The van der Waals surface area contributed by atoms with Gasteiger partial charge in [-0.1, -0.05) is 18.2 Å². The van der Waals surface area contributed by atoms with Crippen LogP contribution in [0.25, 0.3) is 16.7 Å². The van der Waals surface area contributed by atoms with Crippen LogP contribution in [0, 0.1) is 0 Å². The zero-order chi connectivity index (χ0) is 24.4. The number of carbonyl (C=O) groups excluding carboxylic acids is 1. The van der Waals surface area contributed by atoms with Gasteiger partial charge in [0.05, 0.1) is 18.5 Å². The van der Waals surface area contributed by atoms with Crippen molar-refractivity contribution < 1.29 is 14.3 Å². The van der Waals surface area contributed by atoms with E-state index in [4.69, 9.17) is 9.47 Å². The lowest BCUT2D eigenvalue weighted by molar-refractivity contribution is -0.121. The van der Waals surface area contributed by atoms with Crippen LogP contribution in [0.5, 0.6) is 11.5 Å². The fourth-order valence-corrected chi connectivity index (χ4v) is 4.26. The Morgan fingerprint density at radius 2 is 2.11 bits per heavy atom. The number of amides is 1. The van der Waals surface area contributed by atoms with Crippen molar-refractivity contribution in [2.24, 2.45) is 0 Å². The lowest BCUT2D eigenvalue weighted by Gasteiger charge is -2.13. The van der Waals surface area contributed by atoms with E-state index < -0.39 is 0 Å². The van der Waals surface area contributed by atoms with E-state index in [1.165, 1.54) is 6.20 Å². The summed E-state index contributed by atoms with van der Waals surface area (Å²) in [7, 11) is 0. The molecule has 0 saturated carbocycles. The second-order valence-corrected chi connectivity index (χ2v) is 8.55. The van der Waals surface area contributed by atoms with Crippen molar-refractivity contribution in [1.82, 2.24) is 25.1 Å². The summed E-state index contributed by atoms with van der Waals surface area (Å²) < 4.78 is 13.3. The first-order chi connectivity index (χ1) is 17.0. The summed E-state index contributed by atoms with van der Waals surface area (Å²) in [5.74, 6) is 1.89. The summed E-state index contributed by atoms with van der Waals surface area (Å²) >= 11 is 0. The van der Waals surface area contributed by atoms with Crippen LogP contribution in [-0.2, 0) is 24.2 Å². The third kappa shape index (κ3) is 4.75.